The summed E-state index contributed by atoms with van der Waals surface area (Å²) in [5.41, 5.74) is 1.32. The van der Waals surface area contributed by atoms with Crippen molar-refractivity contribution in [3.8, 4) is 0 Å². The summed E-state index contributed by atoms with van der Waals surface area (Å²) in [6.07, 6.45) is 0. The zero-order valence-electron chi connectivity index (χ0n) is 9.07. The summed E-state index contributed by atoms with van der Waals surface area (Å²) in [7, 11) is 0. The Balaban J connectivity index is 0.000000791. The van der Waals surface area contributed by atoms with Gasteiger partial charge in [0.15, 0.2) is 5.83 Å². The zero-order valence-corrected chi connectivity index (χ0v) is 9.07. The summed E-state index contributed by atoms with van der Waals surface area (Å²) >= 11 is 0. The maximum Gasteiger partial charge on any atom is 0.161 e. The van der Waals surface area contributed by atoms with Crippen molar-refractivity contribution >= 4 is 5.83 Å². The number of hydrogen-bond donors (Lipinski definition) is 0. The predicted molar refractivity (Wildman–Crippen MR) is 57.3 cm³/mol. The molecule has 0 fully saturated rings. The van der Waals surface area contributed by atoms with Crippen LogP contribution in [0.1, 0.15) is 31.9 Å². The molecule has 0 aliphatic heterocycles. The average molecular weight is 198 g/mol. The van der Waals surface area contributed by atoms with Crippen molar-refractivity contribution in [2.24, 2.45) is 0 Å². The van der Waals surface area contributed by atoms with Gasteiger partial charge in [-0.05, 0) is 13.8 Å². The van der Waals surface area contributed by atoms with E-state index in [1.807, 2.05) is 20.8 Å². The first-order valence-corrected chi connectivity index (χ1v) is 4.70. The Kier molecular flexibility index (Phi) is 5.77. The lowest BCUT2D eigenvalue weighted by Gasteiger charge is -1.98. The van der Waals surface area contributed by atoms with E-state index in [0.717, 1.165) is 12.5 Å². The van der Waals surface area contributed by atoms with E-state index < -0.39 is 11.7 Å². The third kappa shape index (κ3) is 3.69. The molecule has 0 aromatic heterocycles. The van der Waals surface area contributed by atoms with E-state index >= 15 is 0 Å². The van der Waals surface area contributed by atoms with E-state index in [1.165, 1.54) is 0 Å². The molecule has 0 bridgehead atoms. The Labute approximate surface area is 84.3 Å². The largest absolute Gasteiger partial charge is 0.209 e. The molecule has 14 heavy (non-hydrogen) atoms. The van der Waals surface area contributed by atoms with E-state index in [4.69, 9.17) is 0 Å². The molecular formula is C12H16F2. The van der Waals surface area contributed by atoms with Crippen LogP contribution in [0.2, 0.25) is 0 Å². The molecule has 0 aliphatic rings. The highest BCUT2D eigenvalue weighted by Crippen LogP contribution is 2.20. The smallest absolute Gasteiger partial charge is 0.161 e. The van der Waals surface area contributed by atoms with Crippen molar-refractivity contribution in [1.82, 2.24) is 0 Å². The SMILES string of the molecule is C/C(F)=C(\F)c1ccc(C)cc1.CC. The summed E-state index contributed by atoms with van der Waals surface area (Å²) in [6.45, 7) is 7.00. The Hall–Kier alpha value is -1.18. The molecule has 0 aliphatic carbocycles. The van der Waals surface area contributed by atoms with Crippen LogP contribution in [0.4, 0.5) is 8.78 Å². The van der Waals surface area contributed by atoms with Crippen molar-refractivity contribution in [1.29, 1.82) is 0 Å². The maximum absolute atomic E-state index is 12.9. The number of benzene rings is 1. The summed E-state index contributed by atoms with van der Waals surface area (Å²) in [5.74, 6) is -1.56. The molecule has 0 saturated carbocycles. The van der Waals surface area contributed by atoms with Crippen molar-refractivity contribution < 1.29 is 8.78 Å². The molecule has 0 spiro atoms. The van der Waals surface area contributed by atoms with Crippen molar-refractivity contribution in [3.05, 3.63) is 41.2 Å². The van der Waals surface area contributed by atoms with E-state index in [1.54, 1.807) is 24.3 Å². The fourth-order valence-corrected chi connectivity index (χ4v) is 0.899. The summed E-state index contributed by atoms with van der Waals surface area (Å²) < 4.78 is 25.3. The van der Waals surface area contributed by atoms with Crippen LogP contribution in [0.25, 0.3) is 5.83 Å². The molecule has 0 atom stereocenters. The van der Waals surface area contributed by atoms with Gasteiger partial charge in [-0.3, -0.25) is 0 Å². The number of halogens is 2. The van der Waals surface area contributed by atoms with Crippen molar-refractivity contribution in [2.45, 2.75) is 27.7 Å². The fraction of sp³-hybridized carbons (Fsp3) is 0.333. The molecule has 0 nitrogen and oxygen atoms in total. The van der Waals surface area contributed by atoms with Gasteiger partial charge in [-0.25, -0.2) is 8.78 Å². The third-order valence-electron chi connectivity index (χ3n) is 1.61. The van der Waals surface area contributed by atoms with E-state index in [2.05, 4.69) is 0 Å². The van der Waals surface area contributed by atoms with Gasteiger partial charge >= 0.3 is 0 Å². The second-order valence-corrected chi connectivity index (χ2v) is 2.71. The second-order valence-electron chi connectivity index (χ2n) is 2.71. The standard InChI is InChI=1S/C10H10F2.C2H6/c1-7-3-5-9(6-4-7)10(12)8(2)11;1-2/h3-6H,1-2H3;1-2H3/b10-8+;. The van der Waals surface area contributed by atoms with Crippen molar-refractivity contribution in [3.63, 3.8) is 0 Å². The minimum Gasteiger partial charge on any atom is -0.209 e. The molecule has 1 aromatic carbocycles. The molecule has 0 unspecified atom stereocenters. The minimum absolute atomic E-state index is 0.292. The van der Waals surface area contributed by atoms with Crippen LogP contribution in [-0.4, -0.2) is 0 Å². The second kappa shape index (κ2) is 6.30. The van der Waals surface area contributed by atoms with Gasteiger partial charge in [0, 0.05) is 5.56 Å². The zero-order chi connectivity index (χ0) is 11.1. The highest BCUT2D eigenvalue weighted by atomic mass is 19.2. The molecular weight excluding hydrogens is 182 g/mol. The molecule has 0 radical (unpaired) electrons. The number of rotatable bonds is 1. The highest BCUT2D eigenvalue weighted by Gasteiger charge is 2.03. The Morgan fingerprint density at radius 2 is 1.43 bits per heavy atom. The number of allylic oxidation sites excluding steroid dienone is 1. The molecule has 0 heterocycles. The van der Waals surface area contributed by atoms with Gasteiger partial charge in [0.25, 0.3) is 0 Å². The first-order valence-electron chi connectivity index (χ1n) is 4.70. The van der Waals surface area contributed by atoms with E-state index in [9.17, 15) is 8.78 Å². The van der Waals surface area contributed by atoms with Gasteiger partial charge in [0.05, 0.1) is 0 Å². The summed E-state index contributed by atoms with van der Waals surface area (Å²) in [5, 5.41) is 0. The van der Waals surface area contributed by atoms with Gasteiger partial charge in [-0.2, -0.15) is 0 Å². The molecule has 78 valence electrons. The van der Waals surface area contributed by atoms with Crippen LogP contribution in [0.15, 0.2) is 30.1 Å². The molecule has 1 rings (SSSR count). The van der Waals surface area contributed by atoms with Crippen LogP contribution in [-0.2, 0) is 0 Å². The van der Waals surface area contributed by atoms with Gasteiger partial charge in [0.1, 0.15) is 5.83 Å². The average Bonchev–Trinajstić information content (AvgIpc) is 2.21. The van der Waals surface area contributed by atoms with Gasteiger partial charge < -0.3 is 0 Å². The lowest BCUT2D eigenvalue weighted by molar-refractivity contribution is 0.606. The van der Waals surface area contributed by atoms with Gasteiger partial charge in [-0.1, -0.05) is 43.7 Å². The quantitative estimate of drug-likeness (QED) is 0.616. The highest BCUT2D eigenvalue weighted by molar-refractivity contribution is 5.60. The lowest BCUT2D eigenvalue weighted by atomic mass is 10.1. The van der Waals surface area contributed by atoms with Crippen LogP contribution < -0.4 is 0 Å². The summed E-state index contributed by atoms with van der Waals surface area (Å²) in [4.78, 5) is 0. The van der Waals surface area contributed by atoms with Crippen LogP contribution in [0.3, 0.4) is 0 Å². The molecule has 0 N–H and O–H groups in total. The summed E-state index contributed by atoms with van der Waals surface area (Å²) in [6, 6.07) is 6.62. The third-order valence-corrected chi connectivity index (χ3v) is 1.61. The first-order chi connectivity index (χ1) is 6.61. The van der Waals surface area contributed by atoms with Crippen LogP contribution in [0.5, 0.6) is 0 Å². The topological polar surface area (TPSA) is 0 Å². The first kappa shape index (κ1) is 12.8. The van der Waals surface area contributed by atoms with Gasteiger partial charge in [-0.15, -0.1) is 0 Å². The molecule has 0 saturated heterocycles. The van der Waals surface area contributed by atoms with E-state index in [-0.39, 0.29) is 0 Å². The molecule has 2 heteroatoms. The predicted octanol–water partition coefficient (Wildman–Crippen LogP) is 4.65. The monoisotopic (exact) mass is 198 g/mol. The fourth-order valence-electron chi connectivity index (χ4n) is 0.899. The number of aryl methyl sites for hydroxylation is 1. The Morgan fingerprint density at radius 3 is 1.79 bits per heavy atom. The van der Waals surface area contributed by atoms with Gasteiger partial charge in [0.2, 0.25) is 0 Å². The molecule has 1 aromatic rings. The molecule has 0 amide bonds. The van der Waals surface area contributed by atoms with Crippen molar-refractivity contribution in [2.75, 3.05) is 0 Å². The Morgan fingerprint density at radius 1 is 1.00 bits per heavy atom. The van der Waals surface area contributed by atoms with Crippen LogP contribution >= 0.6 is 0 Å². The van der Waals surface area contributed by atoms with Crippen LogP contribution in [0, 0.1) is 6.92 Å². The lowest BCUT2D eigenvalue weighted by Crippen LogP contribution is -1.80. The van der Waals surface area contributed by atoms with E-state index in [0.29, 0.717) is 5.56 Å². The Bertz CT molecular complexity index is 293. The number of hydrogen-bond acceptors (Lipinski definition) is 0. The minimum atomic E-state index is -0.782. The maximum atomic E-state index is 12.9. The normalized spacial score (nSPS) is 11.3.